The van der Waals surface area contributed by atoms with Gasteiger partial charge in [-0.2, -0.15) is 0 Å². The number of phenols is 1. The number of hydrogen-bond donors (Lipinski definition) is 2. The summed E-state index contributed by atoms with van der Waals surface area (Å²) in [5.74, 6) is -0.0177. The molecule has 1 heterocycles. The first-order valence-corrected chi connectivity index (χ1v) is 11.8. The highest BCUT2D eigenvalue weighted by Gasteiger charge is 2.28. The van der Waals surface area contributed by atoms with Crippen LogP contribution in [0.5, 0.6) is 11.5 Å². The Morgan fingerprint density at radius 2 is 1.85 bits per heavy atom. The molecule has 2 aromatic rings. The molecule has 0 aliphatic carbocycles. The molecule has 2 rings (SSSR count). The van der Waals surface area contributed by atoms with Gasteiger partial charge in [-0.3, -0.25) is 4.79 Å². The normalized spacial score (nSPS) is 12.8. The first-order valence-electron chi connectivity index (χ1n) is 11.8. The van der Waals surface area contributed by atoms with Crippen LogP contribution in [0.25, 0.3) is 11.0 Å². The van der Waals surface area contributed by atoms with Crippen molar-refractivity contribution in [1.29, 1.82) is 0 Å². The van der Waals surface area contributed by atoms with Gasteiger partial charge >= 0.3 is 5.63 Å². The quantitative estimate of drug-likeness (QED) is 0.241. The number of carbonyl (C=O) groups is 1. The van der Waals surface area contributed by atoms with Gasteiger partial charge in [-0.15, -0.1) is 0 Å². The molecule has 0 saturated carbocycles. The zero-order chi connectivity index (χ0) is 25.6. The van der Waals surface area contributed by atoms with Crippen LogP contribution in [0.2, 0.25) is 0 Å². The number of phenolic OH excluding ortho intramolecular Hbond substituents is 1. The molecular formula is C28H38O6. The highest BCUT2D eigenvalue weighted by Crippen LogP contribution is 2.43. The molecule has 6 heteroatoms. The molecule has 0 saturated heterocycles. The first-order chi connectivity index (χ1) is 16.0. The van der Waals surface area contributed by atoms with Crippen LogP contribution in [0.1, 0.15) is 82.3 Å². The first kappa shape index (κ1) is 27.4. The zero-order valence-electron chi connectivity index (χ0n) is 21.4. The van der Waals surface area contributed by atoms with E-state index in [-0.39, 0.29) is 52.6 Å². The molecule has 0 aliphatic rings. The molecule has 34 heavy (non-hydrogen) atoms. The van der Waals surface area contributed by atoms with Gasteiger partial charge in [0.15, 0.2) is 11.4 Å². The molecule has 1 atom stereocenters. The second-order valence-electron chi connectivity index (χ2n) is 9.68. The summed E-state index contributed by atoms with van der Waals surface area (Å²) in [7, 11) is 1.44. The third kappa shape index (κ3) is 6.83. The number of Topliss-reactive ketones (excluding diaryl/α,β-unsaturated/α-hetero) is 1. The van der Waals surface area contributed by atoms with Crippen LogP contribution in [-0.2, 0) is 12.8 Å². The number of benzene rings is 1. The largest absolute Gasteiger partial charge is 0.507 e. The van der Waals surface area contributed by atoms with Gasteiger partial charge in [0.2, 0.25) is 0 Å². The smallest absolute Gasteiger partial charge is 0.336 e. The lowest BCUT2D eigenvalue weighted by atomic mass is 9.91. The summed E-state index contributed by atoms with van der Waals surface area (Å²) in [6.07, 6.45) is 5.97. The number of hydrogen-bond acceptors (Lipinski definition) is 6. The number of ketones is 1. The molecule has 1 aromatic heterocycles. The molecule has 0 bridgehead atoms. The van der Waals surface area contributed by atoms with E-state index < -0.39 is 11.7 Å². The van der Waals surface area contributed by atoms with Gasteiger partial charge in [0.05, 0.1) is 18.6 Å². The van der Waals surface area contributed by atoms with Gasteiger partial charge in [-0.05, 0) is 64.9 Å². The van der Waals surface area contributed by atoms with Crippen LogP contribution in [0.3, 0.4) is 0 Å². The maximum atomic E-state index is 13.3. The van der Waals surface area contributed by atoms with Gasteiger partial charge in [-0.25, -0.2) is 4.79 Å². The lowest BCUT2D eigenvalue weighted by Gasteiger charge is -2.19. The molecule has 0 aliphatic heterocycles. The third-order valence-corrected chi connectivity index (χ3v) is 5.63. The summed E-state index contributed by atoms with van der Waals surface area (Å²) in [4.78, 5) is 25.7. The Bertz CT molecular complexity index is 1140. The van der Waals surface area contributed by atoms with E-state index in [1.54, 1.807) is 6.92 Å². The number of rotatable bonds is 11. The van der Waals surface area contributed by atoms with Crippen molar-refractivity contribution in [1.82, 2.24) is 0 Å². The number of fused-ring (bicyclic) bond motifs is 1. The average molecular weight is 471 g/mol. The molecule has 6 nitrogen and oxygen atoms in total. The number of aromatic hydroxyl groups is 1. The number of carbonyl (C=O) groups excluding carboxylic acids is 1. The summed E-state index contributed by atoms with van der Waals surface area (Å²) in [5.41, 5.74) is 2.84. The van der Waals surface area contributed by atoms with Gasteiger partial charge in [0.25, 0.3) is 0 Å². The fourth-order valence-corrected chi connectivity index (χ4v) is 4.08. The second kappa shape index (κ2) is 12.0. The Morgan fingerprint density at radius 1 is 1.18 bits per heavy atom. The summed E-state index contributed by atoms with van der Waals surface area (Å²) in [6, 6.07) is 1.27. The minimum atomic E-state index is -0.748. The van der Waals surface area contributed by atoms with E-state index >= 15 is 0 Å². The fourth-order valence-electron chi connectivity index (χ4n) is 4.08. The molecule has 0 radical (unpaired) electrons. The molecule has 2 N–H and O–H groups in total. The highest BCUT2D eigenvalue weighted by molar-refractivity contribution is 6.11. The van der Waals surface area contributed by atoms with Crippen molar-refractivity contribution in [2.45, 2.75) is 79.8 Å². The number of allylic oxidation sites excluding steroid dienone is 4. The minimum Gasteiger partial charge on any atom is -0.507 e. The SMILES string of the molecule is COc1c(C/C=C(\C)CCC=C(C)C)c(O)c2c(CC(C)O)cc(=O)oc2c1C(=O)CC(C)C. The van der Waals surface area contributed by atoms with E-state index in [2.05, 4.69) is 19.9 Å². The van der Waals surface area contributed by atoms with Crippen LogP contribution in [-0.4, -0.2) is 29.2 Å². The summed E-state index contributed by atoms with van der Waals surface area (Å²) in [5, 5.41) is 21.6. The van der Waals surface area contributed by atoms with Crippen molar-refractivity contribution < 1.29 is 24.2 Å². The van der Waals surface area contributed by atoms with Crippen LogP contribution in [0, 0.1) is 5.92 Å². The predicted octanol–water partition coefficient (Wildman–Crippen LogP) is 5.89. The van der Waals surface area contributed by atoms with E-state index in [0.717, 1.165) is 18.4 Å². The number of aliphatic hydroxyl groups is 1. The summed E-state index contributed by atoms with van der Waals surface area (Å²) >= 11 is 0. The standard InChI is InChI=1S/C28H38O6/c1-16(2)9-8-10-18(5)11-12-21-26(32)24-20(14-19(6)29)15-23(31)34-28(24)25(27(21)33-7)22(30)13-17(3)4/h9,11,15,17,19,29,32H,8,10,12-14H2,1-7H3/b18-11+. The maximum absolute atomic E-state index is 13.3. The van der Waals surface area contributed by atoms with Crippen molar-refractivity contribution >= 4 is 16.8 Å². The number of methoxy groups -OCH3 is 1. The number of ether oxygens (including phenoxy) is 1. The van der Waals surface area contributed by atoms with Crippen molar-refractivity contribution in [3.05, 3.63) is 56.5 Å². The van der Waals surface area contributed by atoms with Crippen LogP contribution < -0.4 is 10.4 Å². The zero-order valence-corrected chi connectivity index (χ0v) is 21.4. The number of aliphatic hydroxyl groups excluding tert-OH is 1. The van der Waals surface area contributed by atoms with Crippen LogP contribution in [0.4, 0.5) is 0 Å². The predicted molar refractivity (Wildman–Crippen MR) is 136 cm³/mol. The van der Waals surface area contributed by atoms with Crippen LogP contribution in [0.15, 0.2) is 38.6 Å². The fraction of sp³-hybridized carbons (Fsp3) is 0.500. The lowest BCUT2D eigenvalue weighted by molar-refractivity contribution is 0.0965. The van der Waals surface area contributed by atoms with E-state index in [1.807, 2.05) is 26.8 Å². The van der Waals surface area contributed by atoms with Crippen molar-refractivity contribution in [3.8, 4) is 11.5 Å². The van der Waals surface area contributed by atoms with Gasteiger partial charge < -0.3 is 19.4 Å². The van der Waals surface area contributed by atoms with Gasteiger partial charge in [0, 0.05) is 18.1 Å². The van der Waals surface area contributed by atoms with E-state index in [4.69, 9.17) is 9.15 Å². The van der Waals surface area contributed by atoms with Crippen LogP contribution >= 0.6 is 0 Å². The van der Waals surface area contributed by atoms with E-state index in [9.17, 15) is 19.8 Å². The molecule has 1 aromatic carbocycles. The maximum Gasteiger partial charge on any atom is 0.336 e. The summed E-state index contributed by atoms with van der Waals surface area (Å²) in [6.45, 7) is 11.6. The monoisotopic (exact) mass is 470 g/mol. The Labute approximate surface area is 201 Å². The van der Waals surface area contributed by atoms with Crippen molar-refractivity contribution in [2.75, 3.05) is 7.11 Å². The van der Waals surface area contributed by atoms with Gasteiger partial charge in [-0.1, -0.05) is 37.1 Å². The van der Waals surface area contributed by atoms with E-state index in [0.29, 0.717) is 17.5 Å². The minimum absolute atomic E-state index is 0.0103. The third-order valence-electron chi connectivity index (χ3n) is 5.63. The van der Waals surface area contributed by atoms with Gasteiger partial charge in [0.1, 0.15) is 17.1 Å². The Morgan fingerprint density at radius 3 is 2.41 bits per heavy atom. The topological polar surface area (TPSA) is 97.0 Å². The van der Waals surface area contributed by atoms with Crippen molar-refractivity contribution in [2.24, 2.45) is 5.92 Å². The molecule has 186 valence electrons. The Balaban J connectivity index is 2.78. The molecular weight excluding hydrogens is 432 g/mol. The molecule has 1 unspecified atom stereocenters. The van der Waals surface area contributed by atoms with Crippen molar-refractivity contribution in [3.63, 3.8) is 0 Å². The molecule has 0 amide bonds. The Hall–Kier alpha value is -2.86. The summed E-state index contributed by atoms with van der Waals surface area (Å²) < 4.78 is 11.1. The average Bonchev–Trinajstić information content (AvgIpc) is 2.70. The Kier molecular flexibility index (Phi) is 9.68. The molecule has 0 spiro atoms. The molecule has 0 fully saturated rings. The second-order valence-corrected chi connectivity index (χ2v) is 9.68. The highest BCUT2D eigenvalue weighted by atomic mass is 16.5. The van der Waals surface area contributed by atoms with E-state index in [1.165, 1.54) is 18.7 Å². The lowest BCUT2D eigenvalue weighted by Crippen LogP contribution is -2.13.